The minimum absolute atomic E-state index is 0.0297. The fourth-order valence-corrected chi connectivity index (χ4v) is 3.79. The number of nitrogens with zero attached hydrogens (tertiary/aromatic N) is 4. The number of nitrogens with one attached hydrogen (secondary N) is 1. The second kappa shape index (κ2) is 10.9. The van der Waals surface area contributed by atoms with Gasteiger partial charge in [-0.2, -0.15) is 0 Å². The summed E-state index contributed by atoms with van der Waals surface area (Å²) in [5, 5.41) is 12.6. The van der Waals surface area contributed by atoms with Crippen molar-refractivity contribution in [1.29, 1.82) is 0 Å². The number of carbonyl (C=O) groups excluding carboxylic acids is 1. The van der Waals surface area contributed by atoms with Crippen LogP contribution in [0.3, 0.4) is 0 Å². The van der Waals surface area contributed by atoms with Gasteiger partial charge in [0, 0.05) is 38.6 Å². The van der Waals surface area contributed by atoms with Gasteiger partial charge in [-0.25, -0.2) is 14.4 Å². The molecule has 0 spiro atoms. The molecule has 4 N–H and O–H groups in total. The summed E-state index contributed by atoms with van der Waals surface area (Å²) in [5.74, 6) is -0.0690. The molecule has 1 amide bonds. The van der Waals surface area contributed by atoms with Crippen molar-refractivity contribution in [3.63, 3.8) is 0 Å². The Labute approximate surface area is 197 Å². The van der Waals surface area contributed by atoms with Crippen LogP contribution in [0, 0.1) is 5.82 Å². The molecule has 4 rings (SSSR count). The highest BCUT2D eigenvalue weighted by molar-refractivity contribution is 6.05. The van der Waals surface area contributed by atoms with Crippen molar-refractivity contribution in [2.75, 3.05) is 48.7 Å². The number of hydrogen-bond acceptors (Lipinski definition) is 7. The normalized spacial score (nSPS) is 15.4. The van der Waals surface area contributed by atoms with Gasteiger partial charge in [-0.1, -0.05) is 36.4 Å². The number of aliphatic hydroxyl groups excluding tert-OH is 1. The highest BCUT2D eigenvalue weighted by Gasteiger charge is 2.23. The van der Waals surface area contributed by atoms with E-state index < -0.39 is 0 Å². The zero-order valence-electron chi connectivity index (χ0n) is 18.6. The molecule has 1 saturated heterocycles. The van der Waals surface area contributed by atoms with Gasteiger partial charge in [-0.3, -0.25) is 9.69 Å². The Morgan fingerprint density at radius 1 is 1.12 bits per heavy atom. The molecule has 3 aromatic rings. The van der Waals surface area contributed by atoms with Gasteiger partial charge in [0.25, 0.3) is 5.91 Å². The molecule has 1 unspecified atom stereocenters. The number of amides is 1. The maximum absolute atomic E-state index is 13.4. The van der Waals surface area contributed by atoms with Crippen molar-refractivity contribution < 1.29 is 14.3 Å². The van der Waals surface area contributed by atoms with Crippen LogP contribution in [0.1, 0.15) is 15.9 Å². The molecule has 34 heavy (non-hydrogen) atoms. The van der Waals surface area contributed by atoms with E-state index in [1.807, 2.05) is 23.1 Å². The molecular formula is C25H27FN6O2. The van der Waals surface area contributed by atoms with Crippen molar-refractivity contribution in [3.8, 4) is 0 Å². The van der Waals surface area contributed by atoms with Crippen molar-refractivity contribution in [1.82, 2.24) is 14.9 Å². The summed E-state index contributed by atoms with van der Waals surface area (Å²) >= 11 is 0. The van der Waals surface area contributed by atoms with Crippen molar-refractivity contribution >= 4 is 29.3 Å². The van der Waals surface area contributed by atoms with Gasteiger partial charge in [0.1, 0.15) is 5.82 Å². The Bertz CT molecular complexity index is 1150. The zero-order chi connectivity index (χ0) is 23.9. The molecule has 0 saturated carbocycles. The maximum atomic E-state index is 13.4. The van der Waals surface area contributed by atoms with E-state index in [2.05, 4.69) is 20.2 Å². The summed E-state index contributed by atoms with van der Waals surface area (Å²) in [4.78, 5) is 25.4. The number of rotatable bonds is 7. The lowest BCUT2D eigenvalue weighted by molar-refractivity contribution is 0.102. The Balaban J connectivity index is 1.32. The minimum atomic E-state index is -0.329. The van der Waals surface area contributed by atoms with Crippen molar-refractivity contribution in [2.24, 2.45) is 0 Å². The summed E-state index contributed by atoms with van der Waals surface area (Å²) in [6.45, 7) is 2.74. The predicted molar refractivity (Wildman–Crippen MR) is 131 cm³/mol. The first-order valence-electron chi connectivity index (χ1n) is 11.0. The third-order valence-corrected chi connectivity index (χ3v) is 5.72. The van der Waals surface area contributed by atoms with Crippen LogP contribution in [0.5, 0.6) is 0 Å². The van der Waals surface area contributed by atoms with Crippen molar-refractivity contribution in [3.05, 3.63) is 83.9 Å². The van der Waals surface area contributed by atoms with Gasteiger partial charge in [-0.05, 0) is 29.8 Å². The molecule has 0 radical (unpaired) electrons. The standard InChI is InChI=1S/C25H27FN6O2/c26-20-5-3-4-18(14-20)8-9-21(17-33)31-10-12-32(13-11-31)25-28-15-19(16-29-25)24(34)30-23-7-2-1-6-22(23)27/h1-9,14-16,21,33H,10-13,17,27H2,(H,30,34)/b9-8+. The predicted octanol–water partition coefficient (Wildman–Crippen LogP) is 2.65. The summed E-state index contributed by atoms with van der Waals surface area (Å²) in [6, 6.07) is 13.2. The average molecular weight is 463 g/mol. The molecule has 0 aliphatic carbocycles. The zero-order valence-corrected chi connectivity index (χ0v) is 18.6. The van der Waals surface area contributed by atoms with E-state index in [0.29, 0.717) is 49.1 Å². The van der Waals surface area contributed by atoms with Crippen LogP contribution in [-0.4, -0.2) is 64.7 Å². The van der Waals surface area contributed by atoms with E-state index in [1.54, 1.807) is 30.3 Å². The number of piperazine rings is 1. The van der Waals surface area contributed by atoms with Gasteiger partial charge in [0.05, 0.1) is 29.6 Å². The van der Waals surface area contributed by atoms with Crippen LogP contribution in [-0.2, 0) is 0 Å². The Hall–Kier alpha value is -3.82. The van der Waals surface area contributed by atoms with E-state index in [4.69, 9.17) is 5.73 Å². The van der Waals surface area contributed by atoms with E-state index in [0.717, 1.165) is 5.56 Å². The summed E-state index contributed by atoms with van der Waals surface area (Å²) < 4.78 is 13.4. The summed E-state index contributed by atoms with van der Waals surface area (Å²) in [6.07, 6.45) is 6.73. The first kappa shape index (κ1) is 23.3. The van der Waals surface area contributed by atoms with Crippen LogP contribution < -0.4 is 16.0 Å². The number of halogens is 1. The van der Waals surface area contributed by atoms with Gasteiger partial charge in [0.15, 0.2) is 0 Å². The number of anilines is 3. The molecule has 1 aliphatic heterocycles. The van der Waals surface area contributed by atoms with Crippen LogP contribution in [0.25, 0.3) is 6.08 Å². The highest BCUT2D eigenvalue weighted by Crippen LogP contribution is 2.18. The van der Waals surface area contributed by atoms with Crippen LogP contribution in [0.2, 0.25) is 0 Å². The fraction of sp³-hybridized carbons (Fsp3) is 0.240. The lowest BCUT2D eigenvalue weighted by Gasteiger charge is -2.37. The number of nitrogens with two attached hydrogens (primary N) is 1. The van der Waals surface area contributed by atoms with E-state index in [1.165, 1.54) is 24.5 Å². The van der Waals surface area contributed by atoms with E-state index in [-0.39, 0.29) is 24.4 Å². The van der Waals surface area contributed by atoms with E-state index in [9.17, 15) is 14.3 Å². The minimum Gasteiger partial charge on any atom is -0.397 e. The van der Waals surface area contributed by atoms with E-state index >= 15 is 0 Å². The van der Waals surface area contributed by atoms with Crippen molar-refractivity contribution in [2.45, 2.75) is 6.04 Å². The number of carbonyl (C=O) groups is 1. The van der Waals surface area contributed by atoms with Gasteiger partial charge >= 0.3 is 0 Å². The quantitative estimate of drug-likeness (QED) is 0.463. The number of hydrogen-bond donors (Lipinski definition) is 3. The third kappa shape index (κ3) is 5.75. The van der Waals surface area contributed by atoms with Crippen LogP contribution in [0.4, 0.5) is 21.7 Å². The molecule has 1 fully saturated rings. The first-order valence-corrected chi connectivity index (χ1v) is 11.0. The lowest BCUT2D eigenvalue weighted by Crippen LogP contribution is -2.51. The number of aliphatic hydroxyl groups is 1. The average Bonchev–Trinajstić information content (AvgIpc) is 2.86. The van der Waals surface area contributed by atoms with Crippen LogP contribution >= 0.6 is 0 Å². The number of benzene rings is 2. The Morgan fingerprint density at radius 3 is 2.53 bits per heavy atom. The molecular weight excluding hydrogens is 435 g/mol. The largest absolute Gasteiger partial charge is 0.397 e. The molecule has 9 heteroatoms. The molecule has 8 nitrogen and oxygen atoms in total. The summed E-state index contributed by atoms with van der Waals surface area (Å²) in [7, 11) is 0. The smallest absolute Gasteiger partial charge is 0.258 e. The Kier molecular flexibility index (Phi) is 7.46. The molecule has 1 aliphatic rings. The number of aromatic nitrogens is 2. The maximum Gasteiger partial charge on any atom is 0.258 e. The first-order chi connectivity index (χ1) is 16.5. The molecule has 1 aromatic heterocycles. The molecule has 176 valence electrons. The second-order valence-electron chi connectivity index (χ2n) is 8.00. The highest BCUT2D eigenvalue weighted by atomic mass is 19.1. The number of nitrogen functional groups attached to an aromatic ring is 1. The van der Waals surface area contributed by atoms with Gasteiger partial charge in [0.2, 0.25) is 5.95 Å². The lowest BCUT2D eigenvalue weighted by atomic mass is 10.1. The molecule has 2 heterocycles. The molecule has 0 bridgehead atoms. The Morgan fingerprint density at radius 2 is 1.85 bits per heavy atom. The van der Waals surface area contributed by atoms with Gasteiger partial charge in [-0.15, -0.1) is 0 Å². The molecule has 2 aromatic carbocycles. The van der Waals surface area contributed by atoms with Crippen LogP contribution in [0.15, 0.2) is 67.0 Å². The monoisotopic (exact) mass is 462 g/mol. The van der Waals surface area contributed by atoms with Gasteiger partial charge < -0.3 is 21.1 Å². The third-order valence-electron chi connectivity index (χ3n) is 5.72. The summed E-state index contributed by atoms with van der Waals surface area (Å²) in [5.41, 5.74) is 7.99. The fourth-order valence-electron chi connectivity index (χ4n) is 3.79. The number of para-hydroxylation sites is 2. The SMILES string of the molecule is Nc1ccccc1NC(=O)c1cnc(N2CCN(C(/C=C/c3cccc(F)c3)CO)CC2)nc1. The molecule has 1 atom stereocenters. The topological polar surface area (TPSA) is 108 Å². The second-order valence-corrected chi connectivity index (χ2v) is 8.00.